The Morgan fingerprint density at radius 1 is 1.41 bits per heavy atom. The molecule has 2 heterocycles. The van der Waals surface area contributed by atoms with Crippen molar-refractivity contribution in [3.63, 3.8) is 0 Å². The first-order valence-corrected chi connectivity index (χ1v) is 5.93. The molecule has 0 aromatic rings. The second-order valence-electron chi connectivity index (χ2n) is 4.85. The SMILES string of the molecule is N#CC(CN1CCCC2CNCC21)C(F)(F)F. The van der Waals surface area contributed by atoms with Gasteiger partial charge in [0, 0.05) is 19.1 Å². The summed E-state index contributed by atoms with van der Waals surface area (Å²) < 4.78 is 37.7. The average molecular weight is 247 g/mol. The van der Waals surface area contributed by atoms with E-state index in [1.165, 1.54) is 6.07 Å². The first-order chi connectivity index (χ1) is 8.02. The molecule has 0 aromatic heterocycles. The lowest BCUT2D eigenvalue weighted by Crippen LogP contribution is -2.48. The molecule has 3 atom stereocenters. The van der Waals surface area contributed by atoms with Gasteiger partial charge in [-0.3, -0.25) is 4.90 Å². The highest BCUT2D eigenvalue weighted by Gasteiger charge is 2.44. The molecule has 2 aliphatic rings. The maximum absolute atomic E-state index is 12.6. The Morgan fingerprint density at radius 2 is 2.18 bits per heavy atom. The number of fused-ring (bicyclic) bond motifs is 1. The summed E-state index contributed by atoms with van der Waals surface area (Å²) in [6, 6.07) is 1.56. The van der Waals surface area contributed by atoms with E-state index in [4.69, 9.17) is 5.26 Å². The van der Waals surface area contributed by atoms with E-state index >= 15 is 0 Å². The van der Waals surface area contributed by atoms with E-state index in [0.29, 0.717) is 12.5 Å². The van der Waals surface area contributed by atoms with Gasteiger partial charge in [0.05, 0.1) is 6.07 Å². The van der Waals surface area contributed by atoms with Crippen molar-refractivity contribution in [1.29, 1.82) is 5.26 Å². The van der Waals surface area contributed by atoms with Crippen LogP contribution in [0.3, 0.4) is 0 Å². The van der Waals surface area contributed by atoms with E-state index < -0.39 is 12.1 Å². The fourth-order valence-electron chi connectivity index (χ4n) is 2.84. The lowest BCUT2D eigenvalue weighted by molar-refractivity contribution is -0.165. The van der Waals surface area contributed by atoms with Gasteiger partial charge in [0.1, 0.15) is 0 Å². The highest BCUT2D eigenvalue weighted by atomic mass is 19.4. The maximum Gasteiger partial charge on any atom is 0.405 e. The summed E-state index contributed by atoms with van der Waals surface area (Å²) in [6.07, 6.45) is -2.40. The first-order valence-electron chi connectivity index (χ1n) is 5.93. The Bertz CT molecular complexity index is 310. The molecule has 2 rings (SSSR count). The van der Waals surface area contributed by atoms with Gasteiger partial charge in [0.15, 0.2) is 5.92 Å². The third-order valence-electron chi connectivity index (χ3n) is 3.76. The lowest BCUT2D eigenvalue weighted by Gasteiger charge is -2.38. The summed E-state index contributed by atoms with van der Waals surface area (Å²) in [5.74, 6) is -1.40. The fraction of sp³-hybridized carbons (Fsp3) is 0.909. The third kappa shape index (κ3) is 2.72. The van der Waals surface area contributed by atoms with Crippen LogP contribution in [0.5, 0.6) is 0 Å². The standard InChI is InChI=1S/C11H16F3N3/c12-11(13,14)9(4-15)7-17-3-1-2-8-5-16-6-10(8)17/h8-10,16H,1-3,5-7H2. The monoisotopic (exact) mass is 247 g/mol. The van der Waals surface area contributed by atoms with Crippen LogP contribution in [0, 0.1) is 23.2 Å². The number of halogens is 3. The summed E-state index contributed by atoms with van der Waals surface area (Å²) in [7, 11) is 0. The van der Waals surface area contributed by atoms with Crippen molar-refractivity contribution in [1.82, 2.24) is 10.2 Å². The highest BCUT2D eigenvalue weighted by molar-refractivity contribution is 4.97. The minimum Gasteiger partial charge on any atom is -0.315 e. The molecule has 0 aliphatic carbocycles. The summed E-state index contributed by atoms with van der Waals surface area (Å²) in [4.78, 5) is 1.84. The number of rotatable bonds is 2. The molecule has 6 heteroatoms. The van der Waals surface area contributed by atoms with Crippen molar-refractivity contribution in [3.8, 4) is 6.07 Å². The second kappa shape index (κ2) is 4.83. The molecule has 96 valence electrons. The Labute approximate surface area is 98.6 Å². The Kier molecular flexibility index (Phi) is 3.59. The molecule has 0 bridgehead atoms. The van der Waals surface area contributed by atoms with E-state index in [0.717, 1.165) is 25.9 Å². The average Bonchev–Trinajstić information content (AvgIpc) is 2.72. The summed E-state index contributed by atoms with van der Waals surface area (Å²) >= 11 is 0. The Balaban J connectivity index is 2.00. The zero-order valence-electron chi connectivity index (χ0n) is 9.50. The van der Waals surface area contributed by atoms with E-state index in [2.05, 4.69) is 5.32 Å². The van der Waals surface area contributed by atoms with Crippen molar-refractivity contribution < 1.29 is 13.2 Å². The van der Waals surface area contributed by atoms with Gasteiger partial charge < -0.3 is 5.32 Å². The van der Waals surface area contributed by atoms with Crippen LogP contribution in [0.1, 0.15) is 12.8 Å². The van der Waals surface area contributed by atoms with Crippen molar-refractivity contribution in [2.24, 2.45) is 11.8 Å². The molecule has 2 saturated heterocycles. The second-order valence-corrected chi connectivity index (χ2v) is 4.85. The van der Waals surface area contributed by atoms with E-state index in [1.807, 2.05) is 4.90 Å². The van der Waals surface area contributed by atoms with E-state index in [9.17, 15) is 13.2 Å². The lowest BCUT2D eigenvalue weighted by atomic mass is 9.91. The van der Waals surface area contributed by atoms with Gasteiger partial charge >= 0.3 is 6.18 Å². The number of piperidine rings is 1. The van der Waals surface area contributed by atoms with Crippen molar-refractivity contribution in [2.45, 2.75) is 25.1 Å². The molecule has 3 nitrogen and oxygen atoms in total. The van der Waals surface area contributed by atoms with Crippen LogP contribution in [-0.4, -0.2) is 43.3 Å². The van der Waals surface area contributed by atoms with Crippen LogP contribution in [-0.2, 0) is 0 Å². The van der Waals surface area contributed by atoms with E-state index in [1.54, 1.807) is 0 Å². The summed E-state index contributed by atoms with van der Waals surface area (Å²) in [5, 5.41) is 11.8. The van der Waals surface area contributed by atoms with Gasteiger partial charge in [-0.15, -0.1) is 0 Å². The Morgan fingerprint density at radius 3 is 2.82 bits per heavy atom. The maximum atomic E-state index is 12.6. The summed E-state index contributed by atoms with van der Waals surface area (Å²) in [5.41, 5.74) is 0. The zero-order valence-corrected chi connectivity index (χ0v) is 9.50. The van der Waals surface area contributed by atoms with Crippen LogP contribution < -0.4 is 5.32 Å². The van der Waals surface area contributed by atoms with Crippen LogP contribution in [0.2, 0.25) is 0 Å². The molecular weight excluding hydrogens is 231 g/mol. The number of nitrogens with one attached hydrogen (secondary N) is 1. The largest absolute Gasteiger partial charge is 0.405 e. The van der Waals surface area contributed by atoms with Gasteiger partial charge in [-0.1, -0.05) is 0 Å². The molecular formula is C11H16F3N3. The first kappa shape index (κ1) is 12.7. The van der Waals surface area contributed by atoms with Crippen LogP contribution in [0.25, 0.3) is 0 Å². The molecule has 0 radical (unpaired) electrons. The van der Waals surface area contributed by atoms with Crippen molar-refractivity contribution in [3.05, 3.63) is 0 Å². The number of nitriles is 1. The van der Waals surface area contributed by atoms with Crippen LogP contribution in [0.4, 0.5) is 13.2 Å². The van der Waals surface area contributed by atoms with Crippen molar-refractivity contribution >= 4 is 0 Å². The smallest absolute Gasteiger partial charge is 0.315 e. The highest BCUT2D eigenvalue weighted by Crippen LogP contribution is 2.31. The predicted molar refractivity (Wildman–Crippen MR) is 56.1 cm³/mol. The number of nitrogens with zero attached hydrogens (tertiary/aromatic N) is 2. The zero-order chi connectivity index (χ0) is 12.5. The summed E-state index contributed by atoms with van der Waals surface area (Å²) in [6.45, 7) is 2.14. The van der Waals surface area contributed by atoms with Gasteiger partial charge in [-0.2, -0.15) is 18.4 Å². The van der Waals surface area contributed by atoms with Crippen LogP contribution >= 0.6 is 0 Å². The van der Waals surface area contributed by atoms with E-state index in [-0.39, 0.29) is 12.6 Å². The fourth-order valence-corrected chi connectivity index (χ4v) is 2.84. The van der Waals surface area contributed by atoms with Crippen LogP contribution in [0.15, 0.2) is 0 Å². The number of alkyl halides is 3. The molecule has 2 fully saturated rings. The molecule has 0 amide bonds. The minimum atomic E-state index is -4.41. The van der Waals surface area contributed by atoms with Gasteiger partial charge in [0.2, 0.25) is 0 Å². The molecule has 0 spiro atoms. The topological polar surface area (TPSA) is 39.1 Å². The molecule has 0 aromatic carbocycles. The molecule has 1 N–H and O–H groups in total. The molecule has 3 unspecified atom stereocenters. The quantitative estimate of drug-likeness (QED) is 0.801. The van der Waals surface area contributed by atoms with Crippen molar-refractivity contribution in [2.75, 3.05) is 26.2 Å². The third-order valence-corrected chi connectivity index (χ3v) is 3.76. The normalized spacial score (nSPS) is 31.9. The minimum absolute atomic E-state index is 0.178. The van der Waals surface area contributed by atoms with Gasteiger partial charge in [-0.05, 0) is 31.8 Å². The molecule has 0 saturated carbocycles. The number of hydrogen-bond acceptors (Lipinski definition) is 3. The van der Waals surface area contributed by atoms with Gasteiger partial charge in [-0.25, -0.2) is 0 Å². The Hall–Kier alpha value is -0.800. The predicted octanol–water partition coefficient (Wildman–Crippen LogP) is 1.37. The number of likely N-dealkylation sites (tertiary alicyclic amines) is 1. The van der Waals surface area contributed by atoms with Gasteiger partial charge in [0.25, 0.3) is 0 Å². The number of hydrogen-bond donors (Lipinski definition) is 1. The molecule has 17 heavy (non-hydrogen) atoms. The molecule has 2 aliphatic heterocycles.